The number of amides is 2. The first kappa shape index (κ1) is 19.1. The number of carbonyl (C=O) groups excluding carboxylic acids is 2. The highest BCUT2D eigenvalue weighted by molar-refractivity contribution is 6.05. The summed E-state index contributed by atoms with van der Waals surface area (Å²) in [7, 11) is 0. The Morgan fingerprint density at radius 2 is 1.70 bits per heavy atom. The molecule has 0 aliphatic heterocycles. The fourth-order valence-electron chi connectivity index (χ4n) is 3.12. The molecule has 1 heterocycles. The van der Waals surface area contributed by atoms with Crippen LogP contribution in [0.5, 0.6) is 0 Å². The number of hydrazone groups is 1. The molecule has 0 fully saturated rings. The van der Waals surface area contributed by atoms with Crippen LogP contribution in [0.4, 0.5) is 5.69 Å². The van der Waals surface area contributed by atoms with Gasteiger partial charge < -0.3 is 10.3 Å². The molecular formula is C24H20N4O2. The van der Waals surface area contributed by atoms with E-state index in [1.807, 2.05) is 55.6 Å². The minimum Gasteiger partial charge on any atom is -0.361 e. The summed E-state index contributed by atoms with van der Waals surface area (Å²) in [6.07, 6.45) is 3.44. The summed E-state index contributed by atoms with van der Waals surface area (Å²) in [5.74, 6) is -0.526. The standard InChI is InChI=1S/C24H20N4O2/c1-16-5-4-6-18(13-16)23(29)27-20-11-9-17(10-12-20)24(30)28-26-15-19-14-25-22-8-3-2-7-21(19)22/h2-15,25H,1H3,(H,27,29)(H,28,30)/b26-15-. The second kappa shape index (κ2) is 8.45. The molecule has 148 valence electrons. The number of nitrogens with one attached hydrogen (secondary N) is 3. The highest BCUT2D eigenvalue weighted by atomic mass is 16.2. The number of nitrogens with zero attached hydrogens (tertiary/aromatic N) is 1. The van der Waals surface area contributed by atoms with Crippen LogP contribution in [0.1, 0.15) is 31.8 Å². The van der Waals surface area contributed by atoms with Gasteiger partial charge in [0.2, 0.25) is 0 Å². The molecule has 2 amide bonds. The largest absolute Gasteiger partial charge is 0.361 e. The van der Waals surface area contributed by atoms with Crippen LogP contribution in [0.2, 0.25) is 0 Å². The zero-order valence-corrected chi connectivity index (χ0v) is 16.3. The second-order valence-electron chi connectivity index (χ2n) is 6.89. The van der Waals surface area contributed by atoms with Gasteiger partial charge in [0.05, 0.1) is 6.21 Å². The molecule has 3 aromatic carbocycles. The Morgan fingerprint density at radius 3 is 2.50 bits per heavy atom. The van der Waals surface area contributed by atoms with E-state index in [-0.39, 0.29) is 11.8 Å². The first-order valence-electron chi connectivity index (χ1n) is 9.48. The molecule has 6 heteroatoms. The van der Waals surface area contributed by atoms with Crippen molar-refractivity contribution in [1.29, 1.82) is 0 Å². The number of hydrogen-bond acceptors (Lipinski definition) is 3. The molecule has 0 saturated heterocycles. The van der Waals surface area contributed by atoms with E-state index in [0.29, 0.717) is 16.8 Å². The lowest BCUT2D eigenvalue weighted by Crippen LogP contribution is -2.17. The van der Waals surface area contributed by atoms with Gasteiger partial charge in [0.15, 0.2) is 0 Å². The third-order valence-corrected chi connectivity index (χ3v) is 4.68. The zero-order valence-electron chi connectivity index (χ0n) is 16.3. The van der Waals surface area contributed by atoms with E-state index in [1.165, 1.54) is 0 Å². The van der Waals surface area contributed by atoms with E-state index in [9.17, 15) is 9.59 Å². The number of benzene rings is 3. The molecule has 0 unspecified atom stereocenters. The van der Waals surface area contributed by atoms with E-state index < -0.39 is 0 Å². The second-order valence-corrected chi connectivity index (χ2v) is 6.89. The summed E-state index contributed by atoms with van der Waals surface area (Å²) in [6, 6.07) is 21.9. The number of aromatic nitrogens is 1. The van der Waals surface area contributed by atoms with Gasteiger partial charge in [0, 0.05) is 39.5 Å². The first-order chi connectivity index (χ1) is 14.6. The first-order valence-corrected chi connectivity index (χ1v) is 9.48. The number of hydrogen-bond donors (Lipinski definition) is 3. The van der Waals surface area contributed by atoms with Gasteiger partial charge in [-0.2, -0.15) is 5.10 Å². The molecule has 4 rings (SSSR count). The Labute approximate surface area is 173 Å². The summed E-state index contributed by atoms with van der Waals surface area (Å²) in [5.41, 5.74) is 7.08. The molecule has 3 N–H and O–H groups in total. The summed E-state index contributed by atoms with van der Waals surface area (Å²) in [4.78, 5) is 27.8. The summed E-state index contributed by atoms with van der Waals surface area (Å²) in [6.45, 7) is 1.94. The predicted molar refractivity (Wildman–Crippen MR) is 119 cm³/mol. The molecule has 0 bridgehead atoms. The normalized spacial score (nSPS) is 11.0. The fraction of sp³-hybridized carbons (Fsp3) is 0.0417. The van der Waals surface area contributed by atoms with E-state index in [2.05, 4.69) is 20.8 Å². The number of H-pyrrole nitrogens is 1. The number of aryl methyl sites for hydroxylation is 1. The number of rotatable bonds is 5. The maximum Gasteiger partial charge on any atom is 0.271 e. The summed E-state index contributed by atoms with van der Waals surface area (Å²) < 4.78 is 0. The molecule has 6 nitrogen and oxygen atoms in total. The monoisotopic (exact) mass is 396 g/mol. The molecule has 0 saturated carbocycles. The topological polar surface area (TPSA) is 86.3 Å². The van der Waals surface area contributed by atoms with Gasteiger partial charge in [-0.05, 0) is 49.4 Å². The van der Waals surface area contributed by atoms with Crippen molar-refractivity contribution in [3.8, 4) is 0 Å². The van der Waals surface area contributed by atoms with Crippen molar-refractivity contribution in [2.45, 2.75) is 6.92 Å². The van der Waals surface area contributed by atoms with Crippen LogP contribution in [-0.2, 0) is 0 Å². The zero-order chi connectivity index (χ0) is 20.9. The van der Waals surface area contributed by atoms with Gasteiger partial charge in [0.25, 0.3) is 11.8 Å². The predicted octanol–water partition coefficient (Wildman–Crippen LogP) is 4.49. The minimum atomic E-state index is -0.331. The summed E-state index contributed by atoms with van der Waals surface area (Å²) >= 11 is 0. The van der Waals surface area contributed by atoms with E-state index in [1.54, 1.807) is 36.5 Å². The maximum absolute atomic E-state index is 12.3. The molecule has 0 radical (unpaired) electrons. The van der Waals surface area contributed by atoms with Crippen LogP contribution < -0.4 is 10.7 Å². The van der Waals surface area contributed by atoms with E-state index in [4.69, 9.17) is 0 Å². The quantitative estimate of drug-likeness (QED) is 0.343. The average molecular weight is 396 g/mol. The average Bonchev–Trinajstić information content (AvgIpc) is 3.17. The third kappa shape index (κ3) is 4.28. The number of anilines is 1. The van der Waals surface area contributed by atoms with Gasteiger partial charge in [-0.25, -0.2) is 5.43 Å². The van der Waals surface area contributed by atoms with Crippen LogP contribution in [-0.4, -0.2) is 23.0 Å². The Bertz CT molecular complexity index is 1240. The number of para-hydroxylation sites is 1. The van der Waals surface area contributed by atoms with Gasteiger partial charge >= 0.3 is 0 Å². The number of aromatic amines is 1. The Balaban J connectivity index is 1.37. The van der Waals surface area contributed by atoms with E-state index in [0.717, 1.165) is 22.0 Å². The van der Waals surface area contributed by atoms with Gasteiger partial charge in [0.1, 0.15) is 0 Å². The summed E-state index contributed by atoms with van der Waals surface area (Å²) in [5, 5.41) is 7.90. The molecule has 0 spiro atoms. The van der Waals surface area contributed by atoms with Crippen LogP contribution in [0, 0.1) is 6.92 Å². The molecule has 0 aliphatic carbocycles. The smallest absolute Gasteiger partial charge is 0.271 e. The van der Waals surface area contributed by atoms with Crippen molar-refractivity contribution in [2.24, 2.45) is 5.10 Å². The van der Waals surface area contributed by atoms with Crippen LogP contribution in [0.25, 0.3) is 10.9 Å². The van der Waals surface area contributed by atoms with Crippen molar-refractivity contribution < 1.29 is 9.59 Å². The lowest BCUT2D eigenvalue weighted by Gasteiger charge is -2.07. The number of carbonyl (C=O) groups is 2. The van der Waals surface area contributed by atoms with Crippen LogP contribution in [0.3, 0.4) is 0 Å². The molecular weight excluding hydrogens is 376 g/mol. The van der Waals surface area contributed by atoms with Gasteiger partial charge in [-0.15, -0.1) is 0 Å². The van der Waals surface area contributed by atoms with E-state index >= 15 is 0 Å². The Hall–Kier alpha value is -4.19. The van der Waals surface area contributed by atoms with Gasteiger partial charge in [-0.1, -0.05) is 35.9 Å². The van der Waals surface area contributed by atoms with Crippen molar-refractivity contribution >= 4 is 34.6 Å². The van der Waals surface area contributed by atoms with Crippen molar-refractivity contribution in [2.75, 3.05) is 5.32 Å². The maximum atomic E-state index is 12.3. The molecule has 4 aromatic rings. The SMILES string of the molecule is Cc1cccc(C(=O)Nc2ccc(C(=O)N/N=C\c3c[nH]c4ccccc34)cc2)c1. The molecule has 1 aromatic heterocycles. The van der Waals surface area contributed by atoms with Gasteiger partial charge in [-0.3, -0.25) is 9.59 Å². The van der Waals surface area contributed by atoms with Crippen LogP contribution >= 0.6 is 0 Å². The highest BCUT2D eigenvalue weighted by Gasteiger charge is 2.08. The highest BCUT2D eigenvalue weighted by Crippen LogP contribution is 2.16. The van der Waals surface area contributed by atoms with Crippen LogP contribution in [0.15, 0.2) is 84.1 Å². The Morgan fingerprint density at radius 1 is 0.900 bits per heavy atom. The van der Waals surface area contributed by atoms with Crippen molar-refractivity contribution in [3.63, 3.8) is 0 Å². The fourth-order valence-corrected chi connectivity index (χ4v) is 3.12. The third-order valence-electron chi connectivity index (χ3n) is 4.68. The minimum absolute atomic E-state index is 0.195. The molecule has 30 heavy (non-hydrogen) atoms. The number of fused-ring (bicyclic) bond motifs is 1. The lowest BCUT2D eigenvalue weighted by molar-refractivity contribution is 0.0954. The molecule has 0 aliphatic rings. The van der Waals surface area contributed by atoms with Crippen molar-refractivity contribution in [1.82, 2.24) is 10.4 Å². The molecule has 0 atom stereocenters. The lowest BCUT2D eigenvalue weighted by atomic mass is 10.1. The Kier molecular flexibility index (Phi) is 5.39. The van der Waals surface area contributed by atoms with Crippen molar-refractivity contribution in [3.05, 3.63) is 101 Å².